The van der Waals surface area contributed by atoms with Gasteiger partial charge >= 0.3 is 12.1 Å². The summed E-state index contributed by atoms with van der Waals surface area (Å²) < 4.78 is 10.0. The minimum Gasteiger partial charge on any atom is -0.461 e. The molecule has 0 aromatic carbocycles. The second-order valence-corrected chi connectivity index (χ2v) is 6.76. The molecule has 0 aromatic heterocycles. The lowest BCUT2D eigenvalue weighted by atomic mass is 10.1. The van der Waals surface area contributed by atoms with Crippen LogP contribution in [-0.2, 0) is 14.3 Å². The number of amides is 1. The highest BCUT2D eigenvalue weighted by atomic mass is 32.2. The average Bonchev–Trinajstić information content (AvgIpc) is 2.38. The van der Waals surface area contributed by atoms with Crippen molar-refractivity contribution in [1.82, 2.24) is 5.32 Å². The molecule has 0 fully saturated rings. The van der Waals surface area contributed by atoms with Gasteiger partial charge < -0.3 is 19.9 Å². The quantitative estimate of drug-likeness (QED) is 0.496. The van der Waals surface area contributed by atoms with Gasteiger partial charge in [-0.15, -0.1) is 0 Å². The van der Waals surface area contributed by atoms with E-state index in [-0.39, 0.29) is 13.0 Å². The molecular formula is C15H27NO5S. The van der Waals surface area contributed by atoms with Gasteiger partial charge in [-0.25, -0.2) is 4.79 Å². The number of carbonyl (C=O) groups is 2. The van der Waals surface area contributed by atoms with Gasteiger partial charge in [-0.05, 0) is 39.2 Å². The van der Waals surface area contributed by atoms with Crippen LogP contribution >= 0.6 is 11.8 Å². The Balaban J connectivity index is 4.56. The fraction of sp³-hybridized carbons (Fsp3) is 0.733. The van der Waals surface area contributed by atoms with Gasteiger partial charge in [0.05, 0.1) is 18.6 Å². The van der Waals surface area contributed by atoms with Crippen LogP contribution in [-0.4, -0.2) is 53.5 Å². The van der Waals surface area contributed by atoms with Gasteiger partial charge in [-0.1, -0.05) is 12.7 Å². The first-order valence-electron chi connectivity index (χ1n) is 7.12. The summed E-state index contributed by atoms with van der Waals surface area (Å²) in [5.41, 5.74) is -0.623. The molecule has 0 bridgehead atoms. The number of alkyl carbamates (subject to hydrolysis) is 1. The van der Waals surface area contributed by atoms with E-state index >= 15 is 0 Å². The number of hydrogen-bond donors (Lipinski definition) is 2. The molecule has 0 aliphatic heterocycles. The first-order valence-corrected chi connectivity index (χ1v) is 8.52. The highest BCUT2D eigenvalue weighted by Gasteiger charge is 2.26. The molecule has 0 aromatic rings. The Hall–Kier alpha value is -1.21. The van der Waals surface area contributed by atoms with E-state index in [4.69, 9.17) is 9.47 Å². The Morgan fingerprint density at radius 3 is 2.55 bits per heavy atom. The number of rotatable bonds is 9. The van der Waals surface area contributed by atoms with Crippen molar-refractivity contribution in [2.24, 2.45) is 0 Å². The topological polar surface area (TPSA) is 84.9 Å². The number of esters is 1. The number of ether oxygens (including phenoxy) is 2. The number of aliphatic hydroxyl groups excluding tert-OH is 1. The minimum absolute atomic E-state index is 0.0977. The zero-order valence-corrected chi connectivity index (χ0v) is 14.6. The zero-order chi connectivity index (χ0) is 17.2. The van der Waals surface area contributed by atoms with E-state index in [9.17, 15) is 14.7 Å². The third-order valence-electron chi connectivity index (χ3n) is 2.54. The Morgan fingerprint density at radius 1 is 1.41 bits per heavy atom. The predicted octanol–water partition coefficient (Wildman–Crippen LogP) is 2.11. The molecule has 6 nitrogen and oxygen atoms in total. The lowest BCUT2D eigenvalue weighted by Gasteiger charge is -2.26. The van der Waals surface area contributed by atoms with E-state index in [0.717, 1.165) is 5.75 Å². The van der Waals surface area contributed by atoms with Crippen LogP contribution in [0.1, 0.15) is 33.6 Å². The number of nitrogens with one attached hydrogen (secondary N) is 1. The number of aliphatic hydroxyl groups is 1. The molecule has 0 aliphatic rings. The van der Waals surface area contributed by atoms with Crippen molar-refractivity contribution in [1.29, 1.82) is 0 Å². The van der Waals surface area contributed by atoms with Crippen molar-refractivity contribution in [3.63, 3.8) is 0 Å². The van der Waals surface area contributed by atoms with Gasteiger partial charge in [0.15, 0.2) is 0 Å². The normalized spacial score (nSPS) is 13.9. The Labute approximate surface area is 136 Å². The van der Waals surface area contributed by atoms with Crippen molar-refractivity contribution < 1.29 is 24.2 Å². The highest BCUT2D eigenvalue weighted by Crippen LogP contribution is 2.11. The molecule has 0 rings (SSSR count). The molecule has 0 radical (unpaired) electrons. The van der Waals surface area contributed by atoms with Crippen LogP contribution in [0.15, 0.2) is 12.7 Å². The minimum atomic E-state index is -1.03. The fourth-order valence-corrected chi connectivity index (χ4v) is 2.08. The standard InChI is InChI=1S/C15H27NO5S/c1-6-8-20-13(18)10-12(17)11(7-9-22-5)16-14(19)21-15(2,3)4/h6,11-12,17H,1,7-10H2,2-5H3,(H,16,19)/t11-,12+/m0/s1. The smallest absolute Gasteiger partial charge is 0.407 e. The third kappa shape index (κ3) is 10.5. The van der Waals surface area contributed by atoms with Gasteiger partial charge in [0.1, 0.15) is 12.2 Å². The molecule has 22 heavy (non-hydrogen) atoms. The second kappa shape index (κ2) is 10.5. The van der Waals surface area contributed by atoms with E-state index in [1.54, 1.807) is 32.5 Å². The molecule has 0 aliphatic carbocycles. The largest absolute Gasteiger partial charge is 0.461 e. The Kier molecular flexibility index (Phi) is 9.93. The van der Waals surface area contributed by atoms with Crippen molar-refractivity contribution in [2.75, 3.05) is 18.6 Å². The molecule has 0 saturated heterocycles. The molecule has 2 atom stereocenters. The fourth-order valence-electron chi connectivity index (χ4n) is 1.59. The molecular weight excluding hydrogens is 306 g/mol. The predicted molar refractivity (Wildman–Crippen MR) is 87.9 cm³/mol. The maximum absolute atomic E-state index is 11.8. The van der Waals surface area contributed by atoms with Crippen molar-refractivity contribution in [3.8, 4) is 0 Å². The highest BCUT2D eigenvalue weighted by molar-refractivity contribution is 7.98. The third-order valence-corrected chi connectivity index (χ3v) is 3.18. The molecule has 0 saturated carbocycles. The van der Waals surface area contributed by atoms with E-state index in [1.807, 2.05) is 6.26 Å². The maximum Gasteiger partial charge on any atom is 0.407 e. The second-order valence-electron chi connectivity index (χ2n) is 5.78. The Morgan fingerprint density at radius 2 is 2.05 bits per heavy atom. The zero-order valence-electron chi connectivity index (χ0n) is 13.8. The monoisotopic (exact) mass is 333 g/mol. The van der Waals surface area contributed by atoms with Crippen LogP contribution in [0.5, 0.6) is 0 Å². The lowest BCUT2D eigenvalue weighted by molar-refractivity contribution is -0.145. The van der Waals surface area contributed by atoms with Crippen LogP contribution in [0.25, 0.3) is 0 Å². The van der Waals surface area contributed by atoms with Gasteiger partial charge in [0.25, 0.3) is 0 Å². The van der Waals surface area contributed by atoms with Gasteiger partial charge in [0.2, 0.25) is 0 Å². The lowest BCUT2D eigenvalue weighted by Crippen LogP contribution is -2.46. The van der Waals surface area contributed by atoms with Crippen LogP contribution in [0.3, 0.4) is 0 Å². The van der Waals surface area contributed by atoms with E-state index < -0.39 is 29.8 Å². The van der Waals surface area contributed by atoms with Crippen LogP contribution in [0.4, 0.5) is 4.79 Å². The molecule has 2 N–H and O–H groups in total. The van der Waals surface area contributed by atoms with Gasteiger partial charge in [-0.3, -0.25) is 4.79 Å². The summed E-state index contributed by atoms with van der Waals surface area (Å²) in [7, 11) is 0. The van der Waals surface area contributed by atoms with E-state index in [2.05, 4.69) is 11.9 Å². The molecule has 0 heterocycles. The van der Waals surface area contributed by atoms with E-state index in [1.165, 1.54) is 6.08 Å². The van der Waals surface area contributed by atoms with E-state index in [0.29, 0.717) is 6.42 Å². The molecule has 7 heteroatoms. The summed E-state index contributed by atoms with van der Waals surface area (Å²) in [6.07, 6.45) is 2.07. The van der Waals surface area contributed by atoms with Crippen molar-refractivity contribution in [3.05, 3.63) is 12.7 Å². The molecule has 1 amide bonds. The SMILES string of the molecule is C=CCOC(=O)C[C@@H](O)[C@H](CCSC)NC(=O)OC(C)(C)C. The summed E-state index contributed by atoms with van der Waals surface area (Å²) in [5.74, 6) is 0.201. The molecule has 0 spiro atoms. The summed E-state index contributed by atoms with van der Waals surface area (Å²) in [6.45, 7) is 8.81. The van der Waals surface area contributed by atoms with Gasteiger partial charge in [0, 0.05) is 0 Å². The van der Waals surface area contributed by atoms with Crippen molar-refractivity contribution >= 4 is 23.8 Å². The number of carbonyl (C=O) groups excluding carboxylic acids is 2. The number of thioether (sulfide) groups is 1. The van der Waals surface area contributed by atoms with Crippen LogP contribution in [0, 0.1) is 0 Å². The van der Waals surface area contributed by atoms with Crippen LogP contribution in [0.2, 0.25) is 0 Å². The summed E-state index contributed by atoms with van der Waals surface area (Å²) in [6, 6.07) is -0.571. The van der Waals surface area contributed by atoms with Crippen LogP contribution < -0.4 is 5.32 Å². The maximum atomic E-state index is 11.8. The van der Waals surface area contributed by atoms with Crippen molar-refractivity contribution in [2.45, 2.75) is 51.4 Å². The van der Waals surface area contributed by atoms with Gasteiger partial charge in [-0.2, -0.15) is 11.8 Å². The summed E-state index contributed by atoms with van der Waals surface area (Å²) >= 11 is 1.59. The first-order chi connectivity index (χ1) is 10.2. The summed E-state index contributed by atoms with van der Waals surface area (Å²) in [5, 5.41) is 12.8. The number of hydrogen-bond acceptors (Lipinski definition) is 6. The average molecular weight is 333 g/mol. The first kappa shape index (κ1) is 20.8. The molecule has 0 unspecified atom stereocenters. The molecule has 128 valence electrons. The Bertz CT molecular complexity index is 367. The summed E-state index contributed by atoms with van der Waals surface area (Å²) in [4.78, 5) is 23.3.